The van der Waals surface area contributed by atoms with Crippen LogP contribution in [0.4, 0.5) is 0 Å². The molecule has 1 rings (SSSR count). The molecule has 1 N–H and O–H groups in total. The summed E-state index contributed by atoms with van der Waals surface area (Å²) in [7, 11) is 0. The Bertz CT molecular complexity index is 238. The van der Waals surface area contributed by atoms with Crippen LogP contribution in [0.15, 0.2) is 0 Å². The zero-order chi connectivity index (χ0) is 9.90. The molecule has 0 bridgehead atoms. The van der Waals surface area contributed by atoms with Crippen LogP contribution in [0, 0.1) is 17.2 Å². The molecule has 4 heteroatoms. The number of nitriles is 1. The Labute approximate surface area is 77.9 Å². The van der Waals surface area contributed by atoms with Gasteiger partial charge in [-0.25, -0.2) is 0 Å². The molecule has 1 saturated heterocycles. The lowest BCUT2D eigenvalue weighted by Crippen LogP contribution is -2.48. The molecule has 1 fully saturated rings. The van der Waals surface area contributed by atoms with E-state index in [1.807, 2.05) is 13.0 Å². The minimum Gasteiger partial charge on any atom is -0.379 e. The topological polar surface area (TPSA) is 62.1 Å². The molecule has 0 aromatic rings. The number of hydrogen-bond donors (Lipinski definition) is 1. The lowest BCUT2D eigenvalue weighted by molar-refractivity contribution is -0.124. The van der Waals surface area contributed by atoms with Crippen molar-refractivity contribution in [3.63, 3.8) is 0 Å². The van der Waals surface area contributed by atoms with E-state index >= 15 is 0 Å². The Balaban J connectivity index is 2.49. The molecule has 0 spiro atoms. The molecule has 1 aliphatic heterocycles. The first-order valence-corrected chi connectivity index (χ1v) is 4.37. The molecule has 4 nitrogen and oxygen atoms in total. The largest absolute Gasteiger partial charge is 0.379 e. The smallest absolute Gasteiger partial charge is 0.237 e. The highest BCUT2D eigenvalue weighted by atomic mass is 16.5. The van der Waals surface area contributed by atoms with Crippen LogP contribution in [-0.2, 0) is 9.53 Å². The first kappa shape index (κ1) is 10.0. The van der Waals surface area contributed by atoms with Gasteiger partial charge in [0.05, 0.1) is 18.2 Å². The number of rotatable bonds is 2. The molecule has 1 aliphatic rings. The van der Waals surface area contributed by atoms with E-state index in [2.05, 4.69) is 5.32 Å². The number of carbonyl (C=O) groups is 1. The normalized spacial score (nSPS) is 29.3. The van der Waals surface area contributed by atoms with Crippen molar-refractivity contribution in [2.24, 2.45) is 5.92 Å². The van der Waals surface area contributed by atoms with Gasteiger partial charge in [0, 0.05) is 6.61 Å². The SMILES string of the molecule is CC(C#N)C(=O)NC1(C)CCOC1. The summed E-state index contributed by atoms with van der Waals surface area (Å²) >= 11 is 0. The average molecular weight is 182 g/mol. The fraction of sp³-hybridized carbons (Fsp3) is 0.778. The molecule has 13 heavy (non-hydrogen) atoms. The van der Waals surface area contributed by atoms with E-state index in [4.69, 9.17) is 10.00 Å². The van der Waals surface area contributed by atoms with Crippen LogP contribution < -0.4 is 5.32 Å². The van der Waals surface area contributed by atoms with Gasteiger partial charge in [0.25, 0.3) is 0 Å². The summed E-state index contributed by atoms with van der Waals surface area (Å²) in [6.45, 7) is 4.74. The maximum atomic E-state index is 11.3. The third kappa shape index (κ3) is 2.43. The predicted octanol–water partition coefficient (Wildman–Crippen LogP) is 0.441. The minimum atomic E-state index is -0.586. The standard InChI is InChI=1S/C9H14N2O2/c1-7(5-10)8(12)11-9(2)3-4-13-6-9/h7H,3-4,6H2,1-2H3,(H,11,12). The number of hydrogen-bond acceptors (Lipinski definition) is 3. The first-order valence-electron chi connectivity index (χ1n) is 4.37. The summed E-state index contributed by atoms with van der Waals surface area (Å²) in [6, 6.07) is 1.90. The van der Waals surface area contributed by atoms with Crippen LogP contribution >= 0.6 is 0 Å². The molecule has 0 saturated carbocycles. The van der Waals surface area contributed by atoms with Crippen molar-refractivity contribution >= 4 is 5.91 Å². The number of ether oxygens (including phenoxy) is 1. The molecule has 0 radical (unpaired) electrons. The van der Waals surface area contributed by atoms with Gasteiger partial charge < -0.3 is 10.1 Å². The Morgan fingerprint density at radius 1 is 1.77 bits per heavy atom. The average Bonchev–Trinajstić information content (AvgIpc) is 2.50. The van der Waals surface area contributed by atoms with Crippen LogP contribution in [0.1, 0.15) is 20.3 Å². The van der Waals surface area contributed by atoms with Crippen molar-refractivity contribution in [3.8, 4) is 6.07 Å². The van der Waals surface area contributed by atoms with E-state index in [1.54, 1.807) is 6.92 Å². The van der Waals surface area contributed by atoms with Gasteiger partial charge in [-0.15, -0.1) is 0 Å². The summed E-state index contributed by atoms with van der Waals surface area (Å²) in [5.41, 5.74) is -0.276. The van der Waals surface area contributed by atoms with Crippen molar-refractivity contribution in [1.82, 2.24) is 5.32 Å². The molecule has 0 aromatic carbocycles. The second-order valence-corrected chi connectivity index (χ2v) is 3.70. The molecule has 0 aromatic heterocycles. The van der Waals surface area contributed by atoms with Crippen LogP contribution in [0.5, 0.6) is 0 Å². The van der Waals surface area contributed by atoms with E-state index in [0.29, 0.717) is 13.2 Å². The predicted molar refractivity (Wildman–Crippen MR) is 46.8 cm³/mol. The highest BCUT2D eigenvalue weighted by Gasteiger charge is 2.32. The van der Waals surface area contributed by atoms with Crippen molar-refractivity contribution in [2.45, 2.75) is 25.8 Å². The van der Waals surface area contributed by atoms with E-state index in [-0.39, 0.29) is 11.4 Å². The van der Waals surface area contributed by atoms with Crippen molar-refractivity contribution in [1.29, 1.82) is 5.26 Å². The molecular formula is C9H14N2O2. The van der Waals surface area contributed by atoms with Gasteiger partial charge in [-0.05, 0) is 20.3 Å². The maximum Gasteiger partial charge on any atom is 0.237 e. The van der Waals surface area contributed by atoms with Gasteiger partial charge in [0.2, 0.25) is 5.91 Å². The van der Waals surface area contributed by atoms with Crippen molar-refractivity contribution in [2.75, 3.05) is 13.2 Å². The Morgan fingerprint density at radius 3 is 2.92 bits per heavy atom. The third-order valence-electron chi connectivity index (χ3n) is 2.23. The van der Waals surface area contributed by atoms with Gasteiger partial charge in [0.1, 0.15) is 5.92 Å². The summed E-state index contributed by atoms with van der Waals surface area (Å²) in [5, 5.41) is 11.3. The van der Waals surface area contributed by atoms with E-state index in [9.17, 15) is 4.79 Å². The van der Waals surface area contributed by atoms with E-state index in [0.717, 1.165) is 6.42 Å². The number of carbonyl (C=O) groups excluding carboxylic acids is 1. The maximum absolute atomic E-state index is 11.3. The summed E-state index contributed by atoms with van der Waals surface area (Å²) in [4.78, 5) is 11.3. The van der Waals surface area contributed by atoms with Crippen LogP contribution in [0.25, 0.3) is 0 Å². The number of amides is 1. The van der Waals surface area contributed by atoms with Crippen LogP contribution in [0.3, 0.4) is 0 Å². The number of nitrogens with zero attached hydrogens (tertiary/aromatic N) is 1. The van der Waals surface area contributed by atoms with Gasteiger partial charge in [0.15, 0.2) is 0 Å². The molecule has 1 amide bonds. The van der Waals surface area contributed by atoms with Crippen LogP contribution in [0.2, 0.25) is 0 Å². The lowest BCUT2D eigenvalue weighted by atomic mass is 10.0. The van der Waals surface area contributed by atoms with Gasteiger partial charge >= 0.3 is 0 Å². The van der Waals surface area contributed by atoms with Crippen LogP contribution in [-0.4, -0.2) is 24.7 Å². The molecule has 1 heterocycles. The second kappa shape index (κ2) is 3.75. The van der Waals surface area contributed by atoms with E-state index < -0.39 is 5.92 Å². The molecule has 2 atom stereocenters. The first-order chi connectivity index (χ1) is 6.07. The van der Waals surface area contributed by atoms with Crippen molar-refractivity contribution in [3.05, 3.63) is 0 Å². The second-order valence-electron chi connectivity index (χ2n) is 3.70. The summed E-state index contributed by atoms with van der Waals surface area (Å²) < 4.78 is 5.18. The summed E-state index contributed by atoms with van der Waals surface area (Å²) in [6.07, 6.45) is 0.816. The fourth-order valence-corrected chi connectivity index (χ4v) is 1.23. The van der Waals surface area contributed by atoms with Gasteiger partial charge in [-0.1, -0.05) is 0 Å². The van der Waals surface area contributed by atoms with Crippen molar-refractivity contribution < 1.29 is 9.53 Å². The zero-order valence-corrected chi connectivity index (χ0v) is 7.96. The molecule has 72 valence electrons. The zero-order valence-electron chi connectivity index (χ0n) is 7.96. The Kier molecular flexibility index (Phi) is 2.89. The Hall–Kier alpha value is -1.08. The summed E-state index contributed by atoms with van der Waals surface area (Å²) in [5.74, 6) is -0.798. The van der Waals surface area contributed by atoms with E-state index in [1.165, 1.54) is 0 Å². The molecule has 2 unspecified atom stereocenters. The fourth-order valence-electron chi connectivity index (χ4n) is 1.23. The third-order valence-corrected chi connectivity index (χ3v) is 2.23. The number of nitrogens with one attached hydrogen (secondary N) is 1. The monoisotopic (exact) mass is 182 g/mol. The molecule has 0 aliphatic carbocycles. The quantitative estimate of drug-likeness (QED) is 0.674. The highest BCUT2D eigenvalue weighted by Crippen LogP contribution is 2.17. The van der Waals surface area contributed by atoms with Gasteiger partial charge in [-0.3, -0.25) is 4.79 Å². The lowest BCUT2D eigenvalue weighted by Gasteiger charge is -2.23. The molecular weight excluding hydrogens is 168 g/mol. The van der Waals surface area contributed by atoms with Gasteiger partial charge in [-0.2, -0.15) is 5.26 Å². The minimum absolute atomic E-state index is 0.212. The highest BCUT2D eigenvalue weighted by molar-refractivity contribution is 5.81. The Morgan fingerprint density at radius 2 is 2.46 bits per heavy atom.